The molecule has 0 amide bonds. The van der Waals surface area contributed by atoms with Crippen molar-refractivity contribution in [1.82, 2.24) is 10.3 Å². The van der Waals surface area contributed by atoms with Crippen molar-refractivity contribution in [2.24, 2.45) is 0 Å². The van der Waals surface area contributed by atoms with Gasteiger partial charge in [0.2, 0.25) is 0 Å². The minimum absolute atomic E-state index is 0.536. The van der Waals surface area contributed by atoms with Gasteiger partial charge in [0.15, 0.2) is 0 Å². The van der Waals surface area contributed by atoms with Gasteiger partial charge in [0.25, 0.3) is 0 Å². The number of aromatic nitrogens is 1. The summed E-state index contributed by atoms with van der Waals surface area (Å²) in [7, 11) is 0. The molecule has 1 aliphatic heterocycles. The first-order chi connectivity index (χ1) is 7.75. The highest BCUT2D eigenvalue weighted by molar-refractivity contribution is 7.99. The second kappa shape index (κ2) is 6.03. The molecule has 2 nitrogen and oxygen atoms in total. The molecule has 90 valence electrons. The molecule has 0 bridgehead atoms. The largest absolute Gasteiger partial charge is 0.309 e. The molecule has 1 fully saturated rings. The Bertz CT molecular complexity index is 317. The van der Waals surface area contributed by atoms with Crippen LogP contribution in [0.15, 0.2) is 5.38 Å². The number of nitrogens with zero attached hydrogens (tertiary/aromatic N) is 1. The summed E-state index contributed by atoms with van der Waals surface area (Å²) >= 11 is 3.92. The molecule has 2 rings (SSSR count). The summed E-state index contributed by atoms with van der Waals surface area (Å²) in [6, 6.07) is 0.536. The van der Waals surface area contributed by atoms with Crippen molar-refractivity contribution >= 4 is 23.1 Å². The predicted octanol–water partition coefficient (Wildman–Crippen LogP) is 3.60. The van der Waals surface area contributed by atoms with E-state index in [2.05, 4.69) is 36.3 Å². The van der Waals surface area contributed by atoms with E-state index in [1.54, 1.807) is 0 Å². The molecule has 0 aliphatic carbocycles. The number of thioether (sulfide) groups is 1. The van der Waals surface area contributed by atoms with Gasteiger partial charge in [-0.25, -0.2) is 4.98 Å². The zero-order valence-electron chi connectivity index (χ0n) is 10.0. The van der Waals surface area contributed by atoms with Crippen LogP contribution in [0.2, 0.25) is 0 Å². The standard InChI is InChI=1S/C12H20N2S2/c1-9(2)13-7-10-8-16-12(14-10)11-5-3-4-6-15-11/h8-9,11,13H,3-7H2,1-2H3. The third kappa shape index (κ3) is 3.47. The topological polar surface area (TPSA) is 24.9 Å². The predicted molar refractivity (Wildman–Crippen MR) is 73.1 cm³/mol. The van der Waals surface area contributed by atoms with Gasteiger partial charge in [-0.05, 0) is 18.6 Å². The summed E-state index contributed by atoms with van der Waals surface area (Å²) < 4.78 is 0. The zero-order chi connectivity index (χ0) is 11.4. The van der Waals surface area contributed by atoms with Gasteiger partial charge >= 0.3 is 0 Å². The third-order valence-electron chi connectivity index (χ3n) is 2.72. The lowest BCUT2D eigenvalue weighted by Crippen LogP contribution is -2.22. The van der Waals surface area contributed by atoms with Crippen molar-refractivity contribution in [2.75, 3.05) is 5.75 Å². The Morgan fingerprint density at radius 1 is 1.50 bits per heavy atom. The minimum atomic E-state index is 0.536. The van der Waals surface area contributed by atoms with Crippen molar-refractivity contribution in [3.8, 4) is 0 Å². The van der Waals surface area contributed by atoms with Crippen LogP contribution in [-0.4, -0.2) is 16.8 Å². The van der Waals surface area contributed by atoms with Gasteiger partial charge in [-0.2, -0.15) is 11.8 Å². The Balaban J connectivity index is 1.90. The average molecular weight is 256 g/mol. The van der Waals surface area contributed by atoms with Gasteiger partial charge in [-0.15, -0.1) is 11.3 Å². The normalized spacial score (nSPS) is 21.6. The van der Waals surface area contributed by atoms with E-state index in [1.807, 2.05) is 11.3 Å². The summed E-state index contributed by atoms with van der Waals surface area (Å²) in [6.07, 6.45) is 4.07. The average Bonchev–Trinajstić information content (AvgIpc) is 2.76. The fourth-order valence-corrected chi connectivity index (χ4v) is 4.18. The van der Waals surface area contributed by atoms with Crippen LogP contribution < -0.4 is 5.32 Å². The van der Waals surface area contributed by atoms with Crippen LogP contribution in [0.25, 0.3) is 0 Å². The maximum atomic E-state index is 4.74. The number of hydrogen-bond acceptors (Lipinski definition) is 4. The van der Waals surface area contributed by atoms with E-state index in [9.17, 15) is 0 Å². The first kappa shape index (κ1) is 12.4. The Hall–Kier alpha value is -0.0600. The molecule has 1 atom stereocenters. The summed E-state index contributed by atoms with van der Waals surface area (Å²) in [5.74, 6) is 1.31. The van der Waals surface area contributed by atoms with Gasteiger partial charge in [-0.3, -0.25) is 0 Å². The molecule has 0 radical (unpaired) electrons. The maximum Gasteiger partial charge on any atom is 0.106 e. The Morgan fingerprint density at radius 3 is 3.06 bits per heavy atom. The third-order valence-corrected chi connectivity index (χ3v) is 5.26. The molecule has 1 aromatic rings. The van der Waals surface area contributed by atoms with Gasteiger partial charge in [0.1, 0.15) is 5.01 Å². The molecule has 0 saturated carbocycles. The molecule has 1 unspecified atom stereocenters. The number of thiazole rings is 1. The van der Waals surface area contributed by atoms with Crippen molar-refractivity contribution < 1.29 is 0 Å². The van der Waals surface area contributed by atoms with Crippen molar-refractivity contribution in [1.29, 1.82) is 0 Å². The Labute approximate surface area is 106 Å². The fraction of sp³-hybridized carbons (Fsp3) is 0.750. The highest BCUT2D eigenvalue weighted by Gasteiger charge is 2.19. The fourth-order valence-electron chi connectivity index (χ4n) is 1.80. The van der Waals surface area contributed by atoms with E-state index in [0.29, 0.717) is 11.3 Å². The van der Waals surface area contributed by atoms with E-state index in [1.165, 1.54) is 35.7 Å². The molecule has 1 aliphatic rings. The lowest BCUT2D eigenvalue weighted by atomic mass is 10.2. The van der Waals surface area contributed by atoms with Crippen LogP contribution >= 0.6 is 23.1 Å². The van der Waals surface area contributed by atoms with Crippen LogP contribution in [0.3, 0.4) is 0 Å². The smallest absolute Gasteiger partial charge is 0.106 e. The quantitative estimate of drug-likeness (QED) is 0.891. The van der Waals surface area contributed by atoms with E-state index in [-0.39, 0.29) is 0 Å². The molecule has 1 aromatic heterocycles. The number of rotatable bonds is 4. The monoisotopic (exact) mass is 256 g/mol. The SMILES string of the molecule is CC(C)NCc1csc(C2CCCCS2)n1. The van der Waals surface area contributed by atoms with Crippen molar-refractivity contribution in [3.63, 3.8) is 0 Å². The molecule has 1 saturated heterocycles. The van der Waals surface area contributed by atoms with E-state index in [4.69, 9.17) is 4.98 Å². The summed E-state index contributed by atoms with van der Waals surface area (Å²) in [5.41, 5.74) is 1.21. The lowest BCUT2D eigenvalue weighted by Gasteiger charge is -2.18. The van der Waals surface area contributed by atoms with Crippen molar-refractivity contribution in [3.05, 3.63) is 16.1 Å². The summed E-state index contributed by atoms with van der Waals surface area (Å²) in [4.78, 5) is 4.74. The van der Waals surface area contributed by atoms with E-state index >= 15 is 0 Å². The van der Waals surface area contributed by atoms with Gasteiger partial charge in [0.05, 0.1) is 10.9 Å². The molecular formula is C12H20N2S2. The molecule has 4 heteroatoms. The molecule has 2 heterocycles. The Kier molecular flexibility index (Phi) is 4.67. The number of hydrogen-bond donors (Lipinski definition) is 1. The molecular weight excluding hydrogens is 236 g/mol. The first-order valence-corrected chi connectivity index (χ1v) is 7.98. The van der Waals surface area contributed by atoms with Crippen LogP contribution in [0.4, 0.5) is 0 Å². The van der Waals surface area contributed by atoms with Crippen LogP contribution in [-0.2, 0) is 6.54 Å². The number of nitrogens with one attached hydrogen (secondary N) is 1. The van der Waals surface area contributed by atoms with Gasteiger partial charge in [-0.1, -0.05) is 20.3 Å². The molecule has 1 N–H and O–H groups in total. The molecule has 16 heavy (non-hydrogen) atoms. The molecule has 0 aromatic carbocycles. The van der Waals surface area contributed by atoms with Crippen LogP contribution in [0, 0.1) is 0 Å². The lowest BCUT2D eigenvalue weighted by molar-refractivity contribution is 0.581. The Morgan fingerprint density at radius 2 is 2.38 bits per heavy atom. The van der Waals surface area contributed by atoms with Crippen LogP contribution in [0.1, 0.15) is 49.1 Å². The highest BCUT2D eigenvalue weighted by Crippen LogP contribution is 2.39. The van der Waals surface area contributed by atoms with Gasteiger partial charge < -0.3 is 5.32 Å². The van der Waals surface area contributed by atoms with E-state index in [0.717, 1.165) is 6.54 Å². The van der Waals surface area contributed by atoms with Crippen LogP contribution in [0.5, 0.6) is 0 Å². The maximum absolute atomic E-state index is 4.74. The van der Waals surface area contributed by atoms with Crippen molar-refractivity contribution in [2.45, 2.75) is 50.9 Å². The summed E-state index contributed by atoms with van der Waals surface area (Å²) in [6.45, 7) is 5.25. The van der Waals surface area contributed by atoms with Gasteiger partial charge in [0, 0.05) is 18.0 Å². The summed E-state index contributed by atoms with van der Waals surface area (Å²) in [5, 5.41) is 7.63. The second-order valence-corrected chi connectivity index (χ2v) is 6.77. The highest BCUT2D eigenvalue weighted by atomic mass is 32.2. The second-order valence-electron chi connectivity index (χ2n) is 4.57. The minimum Gasteiger partial charge on any atom is -0.309 e. The zero-order valence-corrected chi connectivity index (χ0v) is 11.7. The first-order valence-electron chi connectivity index (χ1n) is 6.05. The van der Waals surface area contributed by atoms with E-state index < -0.39 is 0 Å². The molecule has 0 spiro atoms.